The lowest BCUT2D eigenvalue weighted by Gasteiger charge is -2.20. The van der Waals surface area contributed by atoms with Crippen LogP contribution in [-0.4, -0.2) is 23.0 Å². The SMILES string of the molecule is O=C(OCc1cc(F)cc2c1OCOC2)c1cc(-c2ccc(Cl)cc2)n[nH]1. The van der Waals surface area contributed by atoms with Crippen LogP contribution in [0.5, 0.6) is 5.75 Å². The van der Waals surface area contributed by atoms with Gasteiger partial charge in [-0.25, -0.2) is 9.18 Å². The molecule has 0 spiro atoms. The number of hydrogen-bond acceptors (Lipinski definition) is 5. The minimum atomic E-state index is -0.604. The maximum atomic E-state index is 13.7. The number of rotatable bonds is 4. The number of fused-ring (bicyclic) bond motifs is 1. The average molecular weight is 389 g/mol. The number of halogens is 2. The summed E-state index contributed by atoms with van der Waals surface area (Å²) in [5.74, 6) is -0.560. The largest absolute Gasteiger partial charge is 0.467 e. The highest BCUT2D eigenvalue weighted by molar-refractivity contribution is 6.30. The molecule has 3 aromatic rings. The summed E-state index contributed by atoms with van der Waals surface area (Å²) in [6, 6.07) is 11.3. The quantitative estimate of drug-likeness (QED) is 0.681. The Bertz CT molecular complexity index is 988. The maximum absolute atomic E-state index is 13.7. The molecule has 0 radical (unpaired) electrons. The van der Waals surface area contributed by atoms with Crippen molar-refractivity contribution in [3.63, 3.8) is 0 Å². The van der Waals surface area contributed by atoms with E-state index in [1.807, 2.05) is 0 Å². The van der Waals surface area contributed by atoms with E-state index in [0.717, 1.165) is 5.56 Å². The molecule has 0 fully saturated rings. The number of benzene rings is 2. The van der Waals surface area contributed by atoms with E-state index >= 15 is 0 Å². The second-order valence-corrected chi connectivity index (χ2v) is 6.35. The number of carbonyl (C=O) groups excluding carboxylic acids is 1. The molecule has 6 nitrogen and oxygen atoms in total. The van der Waals surface area contributed by atoms with Crippen LogP contribution in [0.15, 0.2) is 42.5 Å². The molecule has 0 atom stereocenters. The fraction of sp³-hybridized carbons (Fsp3) is 0.158. The summed E-state index contributed by atoms with van der Waals surface area (Å²) in [5.41, 5.74) is 2.61. The molecule has 138 valence electrons. The smallest absolute Gasteiger partial charge is 0.356 e. The van der Waals surface area contributed by atoms with Crippen molar-refractivity contribution in [1.82, 2.24) is 10.2 Å². The molecule has 8 heteroatoms. The molecule has 0 saturated heterocycles. The van der Waals surface area contributed by atoms with E-state index in [2.05, 4.69) is 10.2 Å². The predicted molar refractivity (Wildman–Crippen MR) is 94.8 cm³/mol. The Hall–Kier alpha value is -2.90. The first-order valence-corrected chi connectivity index (χ1v) is 8.48. The number of esters is 1. The number of aromatic nitrogens is 2. The molecule has 1 N–H and O–H groups in total. The van der Waals surface area contributed by atoms with Gasteiger partial charge in [-0.3, -0.25) is 5.10 Å². The molecule has 1 aliphatic rings. The fourth-order valence-electron chi connectivity index (χ4n) is 2.78. The van der Waals surface area contributed by atoms with Crippen LogP contribution in [0.2, 0.25) is 5.02 Å². The number of hydrogen-bond donors (Lipinski definition) is 1. The predicted octanol–water partition coefficient (Wildman–Crippen LogP) is 4.09. The van der Waals surface area contributed by atoms with Crippen molar-refractivity contribution in [2.24, 2.45) is 0 Å². The van der Waals surface area contributed by atoms with Crippen LogP contribution in [0, 0.1) is 5.82 Å². The first-order valence-electron chi connectivity index (χ1n) is 8.10. The van der Waals surface area contributed by atoms with Gasteiger partial charge in [0.05, 0.1) is 12.3 Å². The molecular weight excluding hydrogens is 375 g/mol. The van der Waals surface area contributed by atoms with Crippen molar-refractivity contribution in [2.75, 3.05) is 6.79 Å². The Morgan fingerprint density at radius 3 is 2.89 bits per heavy atom. The second kappa shape index (κ2) is 7.38. The zero-order chi connectivity index (χ0) is 18.8. The molecule has 27 heavy (non-hydrogen) atoms. The number of H-pyrrole nitrogens is 1. The molecule has 0 bridgehead atoms. The van der Waals surface area contributed by atoms with Gasteiger partial charge in [0.25, 0.3) is 0 Å². The molecule has 0 saturated carbocycles. The molecule has 1 aliphatic heterocycles. The lowest BCUT2D eigenvalue weighted by atomic mass is 10.1. The molecule has 2 aromatic carbocycles. The van der Waals surface area contributed by atoms with E-state index < -0.39 is 11.8 Å². The van der Waals surface area contributed by atoms with E-state index in [0.29, 0.717) is 27.6 Å². The van der Waals surface area contributed by atoms with Crippen LogP contribution in [0.1, 0.15) is 21.6 Å². The second-order valence-electron chi connectivity index (χ2n) is 5.91. The van der Waals surface area contributed by atoms with Crippen molar-refractivity contribution in [1.29, 1.82) is 0 Å². The third kappa shape index (κ3) is 3.79. The standard InChI is InChI=1S/C19H14ClFN2O4/c20-14-3-1-11(2-4-14)16-7-17(23-22-16)19(24)26-9-13-6-15(21)5-12-8-25-10-27-18(12)13/h1-7H,8-10H2,(H,22,23). The van der Waals surface area contributed by atoms with E-state index in [-0.39, 0.29) is 25.7 Å². The van der Waals surface area contributed by atoms with Crippen LogP contribution in [0.25, 0.3) is 11.3 Å². The Balaban J connectivity index is 1.48. The average Bonchev–Trinajstić information content (AvgIpc) is 3.16. The molecule has 0 aliphatic carbocycles. The van der Waals surface area contributed by atoms with E-state index in [1.165, 1.54) is 12.1 Å². The van der Waals surface area contributed by atoms with Gasteiger partial charge < -0.3 is 14.2 Å². The highest BCUT2D eigenvalue weighted by Gasteiger charge is 2.19. The summed E-state index contributed by atoms with van der Waals surface area (Å²) in [6.45, 7) is 0.192. The molecule has 4 rings (SSSR count). The Labute approximate surface area is 158 Å². The fourth-order valence-corrected chi connectivity index (χ4v) is 2.91. The van der Waals surface area contributed by atoms with E-state index in [9.17, 15) is 9.18 Å². The third-order valence-electron chi connectivity index (χ3n) is 4.05. The Morgan fingerprint density at radius 2 is 2.07 bits per heavy atom. The summed E-state index contributed by atoms with van der Waals surface area (Å²) in [7, 11) is 0. The van der Waals surface area contributed by atoms with Gasteiger partial charge in [-0.1, -0.05) is 23.7 Å². The summed E-state index contributed by atoms with van der Waals surface area (Å²) >= 11 is 5.87. The number of carbonyl (C=O) groups is 1. The number of aromatic amines is 1. The normalized spacial score (nSPS) is 13.0. The highest BCUT2D eigenvalue weighted by Crippen LogP contribution is 2.30. The van der Waals surface area contributed by atoms with Crippen molar-refractivity contribution in [3.05, 3.63) is 70.1 Å². The molecular formula is C19H14ClFN2O4. The van der Waals surface area contributed by atoms with Gasteiger partial charge in [-0.2, -0.15) is 5.10 Å². The molecule has 0 amide bonds. The third-order valence-corrected chi connectivity index (χ3v) is 4.30. The summed E-state index contributed by atoms with van der Waals surface area (Å²) in [5, 5.41) is 7.36. The van der Waals surface area contributed by atoms with Gasteiger partial charge >= 0.3 is 5.97 Å². The van der Waals surface area contributed by atoms with E-state index in [1.54, 1.807) is 30.3 Å². The summed E-state index contributed by atoms with van der Waals surface area (Å²) in [4.78, 5) is 12.3. The van der Waals surface area contributed by atoms with Gasteiger partial charge in [-0.05, 0) is 30.3 Å². The first-order chi connectivity index (χ1) is 13.1. The Morgan fingerprint density at radius 1 is 1.26 bits per heavy atom. The van der Waals surface area contributed by atoms with Gasteiger partial charge in [0, 0.05) is 21.7 Å². The monoisotopic (exact) mass is 388 g/mol. The van der Waals surface area contributed by atoms with Gasteiger partial charge in [0.1, 0.15) is 23.9 Å². The van der Waals surface area contributed by atoms with Crippen molar-refractivity contribution in [3.8, 4) is 17.0 Å². The molecule has 1 aromatic heterocycles. The van der Waals surface area contributed by atoms with Crippen LogP contribution < -0.4 is 4.74 Å². The minimum Gasteiger partial charge on any atom is -0.467 e. The lowest BCUT2D eigenvalue weighted by molar-refractivity contribution is -0.0183. The van der Waals surface area contributed by atoms with Crippen LogP contribution in [-0.2, 0) is 22.7 Å². The highest BCUT2D eigenvalue weighted by atomic mass is 35.5. The zero-order valence-electron chi connectivity index (χ0n) is 14.0. The van der Waals surface area contributed by atoms with Gasteiger partial charge in [0.15, 0.2) is 6.79 Å². The topological polar surface area (TPSA) is 73.4 Å². The van der Waals surface area contributed by atoms with Crippen LogP contribution >= 0.6 is 11.6 Å². The van der Waals surface area contributed by atoms with Crippen LogP contribution in [0.3, 0.4) is 0 Å². The first kappa shape index (κ1) is 17.5. The lowest BCUT2D eigenvalue weighted by Crippen LogP contribution is -2.15. The zero-order valence-corrected chi connectivity index (χ0v) is 14.8. The Kier molecular flexibility index (Phi) is 4.79. The number of ether oxygens (including phenoxy) is 3. The summed E-state index contributed by atoms with van der Waals surface area (Å²) < 4.78 is 29.6. The van der Waals surface area contributed by atoms with Crippen molar-refractivity contribution >= 4 is 17.6 Å². The summed E-state index contributed by atoms with van der Waals surface area (Å²) in [6.07, 6.45) is 0. The van der Waals surface area contributed by atoms with Crippen molar-refractivity contribution in [2.45, 2.75) is 13.2 Å². The number of nitrogens with zero attached hydrogens (tertiary/aromatic N) is 1. The molecule has 2 heterocycles. The van der Waals surface area contributed by atoms with Crippen molar-refractivity contribution < 1.29 is 23.4 Å². The van der Waals surface area contributed by atoms with Gasteiger partial charge in [0.2, 0.25) is 0 Å². The van der Waals surface area contributed by atoms with Crippen LogP contribution in [0.4, 0.5) is 4.39 Å². The minimum absolute atomic E-state index is 0.0740. The van der Waals surface area contributed by atoms with E-state index in [4.69, 9.17) is 25.8 Å². The number of nitrogens with one attached hydrogen (secondary N) is 1. The van der Waals surface area contributed by atoms with Gasteiger partial charge in [-0.15, -0.1) is 0 Å². The molecule has 0 unspecified atom stereocenters. The maximum Gasteiger partial charge on any atom is 0.356 e.